The van der Waals surface area contributed by atoms with Gasteiger partial charge in [0, 0.05) is 12.2 Å². The molecule has 0 saturated carbocycles. The van der Waals surface area contributed by atoms with Crippen molar-refractivity contribution in [2.75, 3.05) is 12.3 Å². The van der Waals surface area contributed by atoms with Gasteiger partial charge in [-0.05, 0) is 48.5 Å². The van der Waals surface area contributed by atoms with Crippen molar-refractivity contribution in [1.82, 2.24) is 4.72 Å². The molecule has 2 rings (SSSR count). The van der Waals surface area contributed by atoms with Gasteiger partial charge in [0.05, 0.1) is 4.90 Å². The first-order valence-corrected chi connectivity index (χ1v) is 7.63. The summed E-state index contributed by atoms with van der Waals surface area (Å²) in [6.07, 6.45) is 0. The largest absolute Gasteiger partial charge is 0.457 e. The van der Waals surface area contributed by atoms with Crippen molar-refractivity contribution in [3.05, 3.63) is 48.5 Å². The molecule has 6 heteroatoms. The number of nitrogens with two attached hydrogens (primary N) is 1. The summed E-state index contributed by atoms with van der Waals surface area (Å²) in [4.78, 5) is 0.212. The maximum atomic E-state index is 11.8. The van der Waals surface area contributed by atoms with Crippen molar-refractivity contribution < 1.29 is 13.2 Å². The number of nitrogens with one attached hydrogen (secondary N) is 1. The average Bonchev–Trinajstić information content (AvgIpc) is 2.42. The molecule has 0 aromatic heterocycles. The number of hydrogen-bond acceptors (Lipinski definition) is 4. The van der Waals surface area contributed by atoms with Crippen LogP contribution < -0.4 is 15.2 Å². The first-order chi connectivity index (χ1) is 9.51. The van der Waals surface area contributed by atoms with Gasteiger partial charge in [0.2, 0.25) is 10.0 Å². The quantitative estimate of drug-likeness (QED) is 0.829. The smallest absolute Gasteiger partial charge is 0.240 e. The van der Waals surface area contributed by atoms with E-state index in [0.717, 1.165) is 0 Å². The van der Waals surface area contributed by atoms with E-state index >= 15 is 0 Å². The predicted octanol–water partition coefficient (Wildman–Crippen LogP) is 2.36. The zero-order chi connectivity index (χ0) is 14.6. The lowest BCUT2D eigenvalue weighted by Gasteiger charge is -2.08. The van der Waals surface area contributed by atoms with Gasteiger partial charge in [-0.3, -0.25) is 0 Å². The molecule has 0 bridgehead atoms. The number of hydrogen-bond donors (Lipinski definition) is 2. The van der Waals surface area contributed by atoms with Gasteiger partial charge in [0.25, 0.3) is 0 Å². The molecule has 2 aromatic carbocycles. The Hall–Kier alpha value is -2.05. The molecular weight excluding hydrogens is 276 g/mol. The van der Waals surface area contributed by atoms with Gasteiger partial charge in [-0.2, -0.15) is 0 Å². The van der Waals surface area contributed by atoms with Crippen molar-refractivity contribution >= 4 is 15.7 Å². The zero-order valence-electron chi connectivity index (χ0n) is 11.0. The Morgan fingerprint density at radius 2 is 1.50 bits per heavy atom. The summed E-state index contributed by atoms with van der Waals surface area (Å²) in [5, 5.41) is 0. The summed E-state index contributed by atoms with van der Waals surface area (Å²) in [5.41, 5.74) is 6.24. The van der Waals surface area contributed by atoms with Gasteiger partial charge >= 0.3 is 0 Å². The molecule has 0 unspecified atom stereocenters. The monoisotopic (exact) mass is 292 g/mol. The van der Waals surface area contributed by atoms with Gasteiger partial charge in [0.15, 0.2) is 0 Å². The lowest BCUT2D eigenvalue weighted by atomic mass is 10.3. The van der Waals surface area contributed by atoms with Crippen LogP contribution >= 0.6 is 0 Å². The summed E-state index contributed by atoms with van der Waals surface area (Å²) in [7, 11) is -3.43. The van der Waals surface area contributed by atoms with Crippen LogP contribution in [0.5, 0.6) is 11.5 Å². The Labute approximate surface area is 118 Å². The van der Waals surface area contributed by atoms with Crippen molar-refractivity contribution in [2.45, 2.75) is 11.8 Å². The highest BCUT2D eigenvalue weighted by atomic mass is 32.2. The Balaban J connectivity index is 2.14. The number of benzene rings is 2. The molecule has 0 aliphatic heterocycles. The summed E-state index contributed by atoms with van der Waals surface area (Å²) < 4.78 is 31.6. The van der Waals surface area contributed by atoms with Crippen LogP contribution in [-0.4, -0.2) is 15.0 Å². The van der Waals surface area contributed by atoms with Gasteiger partial charge < -0.3 is 10.5 Å². The van der Waals surface area contributed by atoms with E-state index in [9.17, 15) is 8.42 Å². The fourth-order valence-electron chi connectivity index (χ4n) is 1.63. The first-order valence-electron chi connectivity index (χ1n) is 6.14. The van der Waals surface area contributed by atoms with E-state index in [-0.39, 0.29) is 4.90 Å². The van der Waals surface area contributed by atoms with Crippen LogP contribution in [0.1, 0.15) is 6.92 Å². The van der Waals surface area contributed by atoms with Crippen LogP contribution in [0.4, 0.5) is 5.69 Å². The summed E-state index contributed by atoms with van der Waals surface area (Å²) in [5.74, 6) is 1.20. The van der Waals surface area contributed by atoms with E-state index in [2.05, 4.69) is 4.72 Å². The van der Waals surface area contributed by atoms with Crippen LogP contribution in [0.2, 0.25) is 0 Å². The Morgan fingerprint density at radius 1 is 1.00 bits per heavy atom. The molecule has 0 atom stereocenters. The number of sulfonamides is 1. The third-order valence-electron chi connectivity index (χ3n) is 2.58. The highest BCUT2D eigenvalue weighted by Gasteiger charge is 2.12. The predicted molar refractivity (Wildman–Crippen MR) is 78.2 cm³/mol. The second-order valence-corrected chi connectivity index (χ2v) is 5.91. The molecule has 20 heavy (non-hydrogen) atoms. The van der Waals surface area contributed by atoms with E-state index in [1.165, 1.54) is 12.1 Å². The number of nitrogen functional groups attached to an aromatic ring is 1. The zero-order valence-corrected chi connectivity index (χ0v) is 11.9. The molecule has 2 aromatic rings. The van der Waals surface area contributed by atoms with Gasteiger partial charge in [-0.15, -0.1) is 0 Å². The summed E-state index contributed by atoms with van der Waals surface area (Å²) in [6, 6.07) is 13.2. The molecule has 0 heterocycles. The van der Waals surface area contributed by atoms with E-state index in [1.807, 2.05) is 0 Å². The van der Waals surface area contributed by atoms with Crippen molar-refractivity contribution in [3.63, 3.8) is 0 Å². The summed E-state index contributed by atoms with van der Waals surface area (Å²) in [6.45, 7) is 2.09. The average molecular weight is 292 g/mol. The lowest BCUT2D eigenvalue weighted by Crippen LogP contribution is -2.22. The van der Waals surface area contributed by atoms with Crippen LogP contribution in [0.15, 0.2) is 53.4 Å². The van der Waals surface area contributed by atoms with E-state index in [4.69, 9.17) is 10.5 Å². The van der Waals surface area contributed by atoms with Gasteiger partial charge in [-0.25, -0.2) is 13.1 Å². The van der Waals surface area contributed by atoms with Crippen LogP contribution in [0, 0.1) is 0 Å². The highest BCUT2D eigenvalue weighted by Crippen LogP contribution is 2.23. The standard InChI is InChI=1S/C14H16N2O3S/c1-2-16-20(17,18)14-9-7-13(8-10-14)19-12-5-3-11(15)4-6-12/h3-10,16H,2,15H2,1H3. The number of anilines is 1. The minimum Gasteiger partial charge on any atom is -0.457 e. The SMILES string of the molecule is CCNS(=O)(=O)c1ccc(Oc2ccc(N)cc2)cc1. The third kappa shape index (κ3) is 3.49. The van der Waals surface area contributed by atoms with E-state index in [0.29, 0.717) is 23.7 Å². The maximum Gasteiger partial charge on any atom is 0.240 e. The van der Waals surface area contributed by atoms with Crippen LogP contribution in [-0.2, 0) is 10.0 Å². The second-order valence-electron chi connectivity index (χ2n) is 4.14. The van der Waals surface area contributed by atoms with Gasteiger partial charge in [0.1, 0.15) is 11.5 Å². The second kappa shape index (κ2) is 5.94. The van der Waals surface area contributed by atoms with Crippen molar-refractivity contribution in [2.24, 2.45) is 0 Å². The molecule has 0 spiro atoms. The van der Waals surface area contributed by atoms with Gasteiger partial charge in [-0.1, -0.05) is 6.92 Å². The fourth-order valence-corrected chi connectivity index (χ4v) is 2.67. The first kappa shape index (κ1) is 14.4. The third-order valence-corrected chi connectivity index (χ3v) is 4.15. The Morgan fingerprint density at radius 3 is 2.00 bits per heavy atom. The molecule has 0 fully saturated rings. The minimum absolute atomic E-state index is 0.212. The number of ether oxygens (including phenoxy) is 1. The lowest BCUT2D eigenvalue weighted by molar-refractivity contribution is 0.482. The molecule has 5 nitrogen and oxygen atoms in total. The fraction of sp³-hybridized carbons (Fsp3) is 0.143. The van der Waals surface area contributed by atoms with Crippen LogP contribution in [0.3, 0.4) is 0 Å². The molecular formula is C14H16N2O3S. The maximum absolute atomic E-state index is 11.8. The molecule has 0 saturated heterocycles. The minimum atomic E-state index is -3.43. The summed E-state index contributed by atoms with van der Waals surface area (Å²) >= 11 is 0. The normalized spacial score (nSPS) is 11.2. The number of rotatable bonds is 5. The van der Waals surface area contributed by atoms with Crippen LogP contribution in [0.25, 0.3) is 0 Å². The molecule has 0 amide bonds. The Kier molecular flexibility index (Phi) is 4.26. The molecule has 3 N–H and O–H groups in total. The molecule has 106 valence electrons. The van der Waals surface area contributed by atoms with Crippen molar-refractivity contribution in [1.29, 1.82) is 0 Å². The molecule has 0 radical (unpaired) electrons. The van der Waals surface area contributed by atoms with Crippen molar-refractivity contribution in [3.8, 4) is 11.5 Å². The molecule has 0 aliphatic carbocycles. The topological polar surface area (TPSA) is 81.4 Å². The van der Waals surface area contributed by atoms with E-state index < -0.39 is 10.0 Å². The highest BCUT2D eigenvalue weighted by molar-refractivity contribution is 7.89. The molecule has 0 aliphatic rings. The van der Waals surface area contributed by atoms with E-state index in [1.54, 1.807) is 43.3 Å². The Bertz CT molecular complexity index is 665.